The normalized spacial score (nSPS) is 11.0. The topological polar surface area (TPSA) is 104 Å². The lowest BCUT2D eigenvalue weighted by Crippen LogP contribution is -2.35. The van der Waals surface area contributed by atoms with Crippen LogP contribution in [0.4, 0.5) is 0 Å². The maximum atomic E-state index is 12.5. The fraction of sp³-hybridized carbons (Fsp3) is 0.250. The van der Waals surface area contributed by atoms with Crippen molar-refractivity contribution in [3.63, 3.8) is 0 Å². The Balaban J connectivity index is 2.41. The standard InChI is InChI=1S/C16H18N2O6S/c1-11-7-8-18(16(20)14(11)10-15(19)24-3)17-25(21,22)13-6-4-5-12(9-13)23-2/h4-9,17H,10H2,1-3H3. The van der Waals surface area contributed by atoms with Crippen LogP contribution in [0.5, 0.6) is 5.75 Å². The zero-order valence-electron chi connectivity index (χ0n) is 14.0. The summed E-state index contributed by atoms with van der Waals surface area (Å²) >= 11 is 0. The number of ether oxygens (including phenoxy) is 2. The van der Waals surface area contributed by atoms with E-state index in [0.29, 0.717) is 11.3 Å². The highest BCUT2D eigenvalue weighted by molar-refractivity contribution is 7.92. The molecule has 2 rings (SSSR count). The molecule has 0 saturated heterocycles. The Kier molecular flexibility index (Phi) is 5.48. The molecular formula is C16H18N2O6S. The number of carbonyl (C=O) groups is 1. The second kappa shape index (κ2) is 7.39. The molecule has 0 amide bonds. The van der Waals surface area contributed by atoms with Gasteiger partial charge < -0.3 is 9.47 Å². The van der Waals surface area contributed by atoms with E-state index in [-0.39, 0.29) is 16.9 Å². The molecule has 2 aromatic rings. The van der Waals surface area contributed by atoms with Crippen LogP contribution < -0.4 is 15.1 Å². The van der Waals surface area contributed by atoms with Crippen LogP contribution in [-0.2, 0) is 26.0 Å². The second-order valence-corrected chi connectivity index (χ2v) is 6.84. The van der Waals surface area contributed by atoms with Gasteiger partial charge in [-0.25, -0.2) is 9.51 Å². The fourth-order valence-electron chi connectivity index (χ4n) is 2.12. The molecule has 0 aliphatic rings. The number of rotatable bonds is 6. The molecule has 1 heterocycles. The lowest BCUT2D eigenvalue weighted by atomic mass is 10.1. The molecule has 0 saturated carbocycles. The van der Waals surface area contributed by atoms with Gasteiger partial charge in [-0.2, -0.15) is 8.42 Å². The molecule has 0 atom stereocenters. The average Bonchev–Trinajstić information content (AvgIpc) is 2.60. The van der Waals surface area contributed by atoms with Crippen LogP contribution in [0, 0.1) is 6.92 Å². The zero-order valence-corrected chi connectivity index (χ0v) is 14.8. The van der Waals surface area contributed by atoms with Gasteiger partial charge in [-0.05, 0) is 30.7 Å². The van der Waals surface area contributed by atoms with E-state index in [1.54, 1.807) is 13.0 Å². The third kappa shape index (κ3) is 4.18. The predicted molar refractivity (Wildman–Crippen MR) is 90.7 cm³/mol. The summed E-state index contributed by atoms with van der Waals surface area (Å²) in [4.78, 5) is 26.0. The van der Waals surface area contributed by atoms with E-state index in [9.17, 15) is 18.0 Å². The third-order valence-corrected chi connectivity index (χ3v) is 4.86. The first kappa shape index (κ1) is 18.5. The number of nitrogens with zero attached hydrogens (tertiary/aromatic N) is 1. The van der Waals surface area contributed by atoms with Gasteiger partial charge in [-0.1, -0.05) is 6.07 Å². The largest absolute Gasteiger partial charge is 0.497 e. The van der Waals surface area contributed by atoms with Crippen LogP contribution >= 0.6 is 0 Å². The smallest absolute Gasteiger partial charge is 0.310 e. The van der Waals surface area contributed by atoms with Crippen molar-refractivity contribution >= 4 is 16.0 Å². The van der Waals surface area contributed by atoms with Gasteiger partial charge in [0.1, 0.15) is 5.75 Å². The molecule has 0 aliphatic carbocycles. The Morgan fingerprint density at radius 1 is 1.24 bits per heavy atom. The molecule has 0 bridgehead atoms. The molecule has 8 nitrogen and oxygen atoms in total. The number of carbonyl (C=O) groups excluding carboxylic acids is 1. The van der Waals surface area contributed by atoms with E-state index >= 15 is 0 Å². The first-order valence-electron chi connectivity index (χ1n) is 7.23. The van der Waals surface area contributed by atoms with E-state index < -0.39 is 21.6 Å². The Hall–Kier alpha value is -2.81. The number of sulfonamides is 1. The molecule has 134 valence electrons. The zero-order chi connectivity index (χ0) is 18.6. The summed E-state index contributed by atoms with van der Waals surface area (Å²) in [7, 11) is -1.38. The number of hydrogen-bond acceptors (Lipinski definition) is 6. The second-order valence-electron chi connectivity index (χ2n) is 5.18. The monoisotopic (exact) mass is 366 g/mol. The van der Waals surface area contributed by atoms with Crippen LogP contribution in [0.3, 0.4) is 0 Å². The maximum absolute atomic E-state index is 12.5. The highest BCUT2D eigenvalue weighted by Gasteiger charge is 2.18. The Labute approximate surface area is 145 Å². The quantitative estimate of drug-likeness (QED) is 0.759. The average molecular weight is 366 g/mol. The number of aromatic nitrogens is 1. The number of pyridine rings is 1. The van der Waals surface area contributed by atoms with Crippen molar-refractivity contribution in [3.05, 3.63) is 58.0 Å². The lowest BCUT2D eigenvalue weighted by molar-refractivity contribution is -0.139. The van der Waals surface area contributed by atoms with Crippen molar-refractivity contribution in [2.75, 3.05) is 19.1 Å². The molecule has 0 unspecified atom stereocenters. The molecule has 0 spiro atoms. The fourth-order valence-corrected chi connectivity index (χ4v) is 3.16. The molecular weight excluding hydrogens is 348 g/mol. The minimum Gasteiger partial charge on any atom is -0.497 e. The van der Waals surface area contributed by atoms with Gasteiger partial charge in [0.05, 0.1) is 25.5 Å². The van der Waals surface area contributed by atoms with Gasteiger partial charge in [0, 0.05) is 17.8 Å². The van der Waals surface area contributed by atoms with Crippen LogP contribution in [0.1, 0.15) is 11.1 Å². The first-order chi connectivity index (χ1) is 11.8. The molecule has 25 heavy (non-hydrogen) atoms. The van der Waals surface area contributed by atoms with Crippen molar-refractivity contribution < 1.29 is 22.7 Å². The summed E-state index contributed by atoms with van der Waals surface area (Å²) in [6.07, 6.45) is 1.04. The Bertz CT molecular complexity index is 949. The predicted octanol–water partition coefficient (Wildman–Crippen LogP) is 0.813. The van der Waals surface area contributed by atoms with E-state index in [0.717, 1.165) is 4.68 Å². The van der Waals surface area contributed by atoms with Crippen molar-refractivity contribution in [1.29, 1.82) is 0 Å². The summed E-state index contributed by atoms with van der Waals surface area (Å²) in [5.41, 5.74) is 0.0757. The number of nitrogens with one attached hydrogen (secondary N) is 1. The molecule has 0 aliphatic heterocycles. The van der Waals surface area contributed by atoms with Gasteiger partial charge in [-0.3, -0.25) is 9.59 Å². The van der Waals surface area contributed by atoms with E-state index in [1.165, 1.54) is 44.7 Å². The summed E-state index contributed by atoms with van der Waals surface area (Å²) in [6.45, 7) is 1.65. The van der Waals surface area contributed by atoms with Crippen molar-refractivity contribution in [1.82, 2.24) is 4.68 Å². The number of aryl methyl sites for hydroxylation is 1. The van der Waals surface area contributed by atoms with Gasteiger partial charge >= 0.3 is 5.97 Å². The highest BCUT2D eigenvalue weighted by atomic mass is 32.2. The summed E-state index contributed by atoms with van der Waals surface area (Å²) in [5, 5.41) is 0. The molecule has 1 N–H and O–H groups in total. The van der Waals surface area contributed by atoms with Gasteiger partial charge in [0.25, 0.3) is 15.6 Å². The van der Waals surface area contributed by atoms with Gasteiger partial charge in [0.2, 0.25) is 0 Å². The summed E-state index contributed by atoms with van der Waals surface area (Å²) in [5.74, 6) is -0.223. The number of esters is 1. The Morgan fingerprint density at radius 3 is 2.60 bits per heavy atom. The van der Waals surface area contributed by atoms with E-state index in [2.05, 4.69) is 9.57 Å². The van der Waals surface area contributed by atoms with Gasteiger partial charge in [0.15, 0.2) is 0 Å². The van der Waals surface area contributed by atoms with Crippen molar-refractivity contribution in [2.45, 2.75) is 18.2 Å². The van der Waals surface area contributed by atoms with E-state index in [4.69, 9.17) is 4.74 Å². The summed E-state index contributed by atoms with van der Waals surface area (Å²) in [6, 6.07) is 7.36. The molecule has 0 radical (unpaired) electrons. The van der Waals surface area contributed by atoms with Crippen LogP contribution in [-0.4, -0.2) is 33.3 Å². The minimum atomic E-state index is -4.02. The third-order valence-electron chi connectivity index (χ3n) is 3.55. The van der Waals surface area contributed by atoms with Crippen LogP contribution in [0.15, 0.2) is 46.2 Å². The summed E-state index contributed by atoms with van der Waals surface area (Å²) < 4.78 is 35.3. The Morgan fingerprint density at radius 2 is 1.96 bits per heavy atom. The van der Waals surface area contributed by atoms with Crippen molar-refractivity contribution in [2.24, 2.45) is 0 Å². The molecule has 0 fully saturated rings. The first-order valence-corrected chi connectivity index (χ1v) is 8.71. The lowest BCUT2D eigenvalue weighted by Gasteiger charge is -2.13. The van der Waals surface area contributed by atoms with Crippen molar-refractivity contribution in [3.8, 4) is 5.75 Å². The SMILES string of the molecule is COC(=O)Cc1c(C)ccn(NS(=O)(=O)c2cccc(OC)c2)c1=O. The van der Waals surface area contributed by atoms with E-state index in [1.807, 2.05) is 0 Å². The molecule has 1 aromatic carbocycles. The van der Waals surface area contributed by atoms with Crippen LogP contribution in [0.25, 0.3) is 0 Å². The highest BCUT2D eigenvalue weighted by Crippen LogP contribution is 2.17. The molecule has 9 heteroatoms. The molecule has 1 aromatic heterocycles. The maximum Gasteiger partial charge on any atom is 0.310 e. The number of benzene rings is 1. The minimum absolute atomic E-state index is 0.0613. The number of methoxy groups -OCH3 is 2. The number of hydrogen-bond donors (Lipinski definition) is 1. The van der Waals surface area contributed by atoms with Gasteiger partial charge in [-0.15, -0.1) is 0 Å². The van der Waals surface area contributed by atoms with Crippen LogP contribution in [0.2, 0.25) is 0 Å².